The molecule has 0 bridgehead atoms. The minimum atomic E-state index is -0.476. The second-order valence-corrected chi connectivity index (χ2v) is 7.70. The van der Waals surface area contributed by atoms with Crippen molar-refractivity contribution in [3.63, 3.8) is 0 Å². The molecule has 0 aliphatic carbocycles. The van der Waals surface area contributed by atoms with Crippen molar-refractivity contribution in [1.82, 2.24) is 25.2 Å². The van der Waals surface area contributed by atoms with Gasteiger partial charge in [-0.2, -0.15) is 4.68 Å². The molecule has 0 saturated carbocycles. The summed E-state index contributed by atoms with van der Waals surface area (Å²) in [5, 5.41) is 14.7. The highest BCUT2D eigenvalue weighted by Gasteiger charge is 2.21. The van der Waals surface area contributed by atoms with Crippen LogP contribution in [0.4, 0.5) is 15.2 Å². The maximum atomic E-state index is 14.2. The molecule has 0 radical (unpaired) electrons. The summed E-state index contributed by atoms with van der Waals surface area (Å²) < 4.78 is 15.8. The molecular formula is C19H15FN6OS2. The Kier molecular flexibility index (Phi) is 5.63. The molecule has 29 heavy (non-hydrogen) atoms. The third-order valence-corrected chi connectivity index (χ3v) is 5.76. The first-order chi connectivity index (χ1) is 14.1. The molecule has 2 aromatic heterocycles. The fraction of sp³-hybridized carbons (Fsp3) is 0.105. The Morgan fingerprint density at radius 1 is 1.17 bits per heavy atom. The van der Waals surface area contributed by atoms with Crippen LogP contribution in [-0.4, -0.2) is 31.1 Å². The van der Waals surface area contributed by atoms with Crippen molar-refractivity contribution in [3.8, 4) is 5.69 Å². The predicted octanol–water partition coefficient (Wildman–Crippen LogP) is 4.23. The van der Waals surface area contributed by atoms with Crippen molar-refractivity contribution >= 4 is 39.8 Å². The van der Waals surface area contributed by atoms with E-state index in [2.05, 4.69) is 20.5 Å². The number of tetrazole rings is 1. The molecule has 0 atom stereocenters. The Morgan fingerprint density at radius 2 is 1.93 bits per heavy atom. The Labute approximate surface area is 174 Å². The average molecular weight is 427 g/mol. The second kappa shape index (κ2) is 8.50. The van der Waals surface area contributed by atoms with Gasteiger partial charge in [0.05, 0.1) is 17.1 Å². The summed E-state index contributed by atoms with van der Waals surface area (Å²) >= 11 is 2.71. The molecule has 1 amide bonds. The molecule has 2 heterocycles. The molecule has 4 rings (SSSR count). The number of aromatic nitrogens is 5. The summed E-state index contributed by atoms with van der Waals surface area (Å²) in [6.07, 6.45) is 0. The highest BCUT2D eigenvalue weighted by atomic mass is 32.2. The van der Waals surface area contributed by atoms with E-state index < -0.39 is 5.82 Å². The van der Waals surface area contributed by atoms with Gasteiger partial charge >= 0.3 is 0 Å². The molecule has 7 nitrogen and oxygen atoms in total. The van der Waals surface area contributed by atoms with Gasteiger partial charge in [-0.1, -0.05) is 42.1 Å². The van der Waals surface area contributed by atoms with E-state index in [9.17, 15) is 9.18 Å². The lowest BCUT2D eigenvalue weighted by Crippen LogP contribution is -2.23. The van der Waals surface area contributed by atoms with Crippen LogP contribution in [0, 0.1) is 5.82 Å². The second-order valence-electron chi connectivity index (χ2n) is 5.92. The van der Waals surface area contributed by atoms with E-state index in [-0.39, 0.29) is 11.6 Å². The first kappa shape index (κ1) is 19.2. The first-order valence-electron chi connectivity index (χ1n) is 8.59. The summed E-state index contributed by atoms with van der Waals surface area (Å²) in [5.41, 5.74) is 1.79. The van der Waals surface area contributed by atoms with E-state index in [1.807, 2.05) is 35.7 Å². The number of anilines is 2. The van der Waals surface area contributed by atoms with Gasteiger partial charge < -0.3 is 0 Å². The number of carbonyl (C=O) groups is 1. The Balaban J connectivity index is 1.53. The highest BCUT2D eigenvalue weighted by Crippen LogP contribution is 2.32. The maximum Gasteiger partial charge on any atom is 0.230 e. The van der Waals surface area contributed by atoms with Crippen LogP contribution < -0.4 is 4.90 Å². The molecule has 146 valence electrons. The van der Waals surface area contributed by atoms with Gasteiger partial charge in [0, 0.05) is 18.1 Å². The maximum absolute atomic E-state index is 14.2. The third kappa shape index (κ3) is 4.17. The van der Waals surface area contributed by atoms with Gasteiger partial charge in [-0.25, -0.2) is 9.37 Å². The number of hydrogen-bond donors (Lipinski definition) is 0. The number of rotatable bonds is 6. The summed E-state index contributed by atoms with van der Waals surface area (Å²) in [6.45, 7) is 1.39. The lowest BCUT2D eigenvalue weighted by Gasteiger charge is -2.18. The fourth-order valence-corrected chi connectivity index (χ4v) is 4.41. The molecule has 0 N–H and O–H groups in total. The average Bonchev–Trinajstić information content (AvgIpc) is 3.38. The van der Waals surface area contributed by atoms with Crippen LogP contribution in [0.2, 0.25) is 0 Å². The summed E-state index contributed by atoms with van der Waals surface area (Å²) in [7, 11) is 0. The standard InChI is InChI=1S/C19H15FN6OS2/c1-13(27)25(17-10-6-5-9-16(17)20)18-21-14(11-28-18)12-29-19-22-23-24-26(19)15-7-3-2-4-8-15/h2-11H,12H2,1H3. The van der Waals surface area contributed by atoms with Crippen molar-refractivity contribution in [2.45, 2.75) is 17.8 Å². The number of para-hydroxylation sites is 2. The van der Waals surface area contributed by atoms with Crippen molar-refractivity contribution in [2.75, 3.05) is 4.90 Å². The lowest BCUT2D eigenvalue weighted by molar-refractivity contribution is -0.115. The number of hydrogen-bond acceptors (Lipinski definition) is 7. The minimum Gasteiger partial charge on any atom is -0.274 e. The highest BCUT2D eigenvalue weighted by molar-refractivity contribution is 7.98. The van der Waals surface area contributed by atoms with Crippen molar-refractivity contribution < 1.29 is 9.18 Å². The number of benzene rings is 2. The smallest absolute Gasteiger partial charge is 0.230 e. The molecule has 10 heteroatoms. The monoisotopic (exact) mass is 426 g/mol. The largest absolute Gasteiger partial charge is 0.274 e. The van der Waals surface area contributed by atoms with Crippen molar-refractivity contribution in [1.29, 1.82) is 0 Å². The van der Waals surface area contributed by atoms with Gasteiger partial charge in [0.25, 0.3) is 0 Å². The van der Waals surface area contributed by atoms with Gasteiger partial charge in [-0.15, -0.1) is 16.4 Å². The van der Waals surface area contributed by atoms with Crippen LogP contribution in [-0.2, 0) is 10.5 Å². The normalized spacial score (nSPS) is 10.8. The Morgan fingerprint density at radius 3 is 2.69 bits per heavy atom. The molecule has 0 fully saturated rings. The van der Waals surface area contributed by atoms with Crippen LogP contribution in [0.15, 0.2) is 65.1 Å². The van der Waals surface area contributed by atoms with Gasteiger partial charge in [-0.05, 0) is 34.7 Å². The van der Waals surface area contributed by atoms with Crippen LogP contribution in [0.5, 0.6) is 0 Å². The topological polar surface area (TPSA) is 76.8 Å². The third-order valence-electron chi connectivity index (χ3n) is 3.93. The van der Waals surface area contributed by atoms with E-state index in [4.69, 9.17) is 0 Å². The SMILES string of the molecule is CC(=O)N(c1nc(CSc2nnnn2-c2ccccc2)cs1)c1ccccc1F. The molecule has 0 aliphatic heterocycles. The number of amides is 1. The van der Waals surface area contributed by atoms with Crippen molar-refractivity contribution in [2.24, 2.45) is 0 Å². The van der Waals surface area contributed by atoms with Gasteiger partial charge in [0.1, 0.15) is 5.82 Å². The zero-order valence-corrected chi connectivity index (χ0v) is 16.9. The molecule has 0 saturated heterocycles. The van der Waals surface area contributed by atoms with Gasteiger partial charge in [0.15, 0.2) is 5.13 Å². The molecule has 2 aromatic carbocycles. The van der Waals surface area contributed by atoms with Gasteiger partial charge in [0.2, 0.25) is 11.1 Å². The number of thioether (sulfide) groups is 1. The van der Waals surface area contributed by atoms with E-state index in [1.54, 1.807) is 22.9 Å². The molecular weight excluding hydrogens is 411 g/mol. The van der Waals surface area contributed by atoms with Crippen LogP contribution >= 0.6 is 23.1 Å². The van der Waals surface area contributed by atoms with Crippen LogP contribution in [0.25, 0.3) is 5.69 Å². The minimum absolute atomic E-state index is 0.182. The molecule has 4 aromatic rings. The Hall–Kier alpha value is -3.11. The van der Waals surface area contributed by atoms with E-state index in [0.717, 1.165) is 11.4 Å². The summed E-state index contributed by atoms with van der Waals surface area (Å²) in [6, 6.07) is 15.7. The molecule has 0 aliphatic rings. The van der Waals surface area contributed by atoms with Gasteiger partial charge in [-0.3, -0.25) is 9.69 Å². The molecule has 0 unspecified atom stereocenters. The van der Waals surface area contributed by atoms with E-state index in [1.165, 1.54) is 41.0 Å². The number of carbonyl (C=O) groups excluding carboxylic acids is 1. The molecule has 0 spiro atoms. The van der Waals surface area contributed by atoms with Crippen molar-refractivity contribution in [3.05, 3.63) is 71.5 Å². The number of nitrogens with zero attached hydrogens (tertiary/aromatic N) is 6. The first-order valence-corrected chi connectivity index (χ1v) is 10.5. The summed E-state index contributed by atoms with van der Waals surface area (Å²) in [4.78, 5) is 17.9. The van der Waals surface area contributed by atoms with E-state index >= 15 is 0 Å². The zero-order valence-electron chi connectivity index (χ0n) is 15.3. The Bertz CT molecular complexity index is 1130. The van der Waals surface area contributed by atoms with Crippen LogP contribution in [0.3, 0.4) is 0 Å². The number of thiazole rings is 1. The quantitative estimate of drug-likeness (QED) is 0.429. The number of halogens is 1. The fourth-order valence-electron chi connectivity index (χ4n) is 2.64. The van der Waals surface area contributed by atoms with E-state index in [0.29, 0.717) is 16.0 Å². The summed E-state index contributed by atoms with van der Waals surface area (Å²) in [5.74, 6) is -0.278. The zero-order chi connectivity index (χ0) is 20.2. The van der Waals surface area contributed by atoms with Crippen LogP contribution in [0.1, 0.15) is 12.6 Å². The lowest BCUT2D eigenvalue weighted by atomic mass is 10.3. The predicted molar refractivity (Wildman–Crippen MR) is 110 cm³/mol.